The first-order valence-corrected chi connectivity index (χ1v) is 10.1. The molecule has 1 N–H and O–H groups in total. The monoisotopic (exact) mass is 565 g/mol. The van der Waals surface area contributed by atoms with Crippen LogP contribution in [-0.4, -0.2) is 58.2 Å². The third kappa shape index (κ3) is 5.97. The van der Waals surface area contributed by atoms with E-state index in [2.05, 4.69) is 20.4 Å². The maximum absolute atomic E-state index is 14.5. The van der Waals surface area contributed by atoms with Crippen molar-refractivity contribution in [3.05, 3.63) is 66.5 Å². The van der Waals surface area contributed by atoms with Gasteiger partial charge in [-0.25, -0.2) is 4.39 Å². The number of aryl methyl sites for hydroxylation is 1. The Morgan fingerprint density at radius 1 is 1.27 bits per heavy atom. The number of nitrogens with zero attached hydrogens (tertiary/aromatic N) is 6. The minimum Gasteiger partial charge on any atom is -0.453 e. The van der Waals surface area contributed by atoms with Gasteiger partial charge >= 0.3 is 0 Å². The third-order valence-electron chi connectivity index (χ3n) is 5.04. The molecule has 9 nitrogen and oxygen atoms in total. The Kier molecular flexibility index (Phi) is 8.20. The normalized spacial score (nSPS) is 14.2. The van der Waals surface area contributed by atoms with E-state index in [1.165, 1.54) is 12.3 Å². The van der Waals surface area contributed by atoms with Crippen LogP contribution < -0.4 is 15.0 Å². The maximum Gasteiger partial charge on any atom is 0.246 e. The Morgan fingerprint density at radius 3 is 2.76 bits per heavy atom. The molecule has 1 aromatic carbocycles. The second-order valence-electron chi connectivity index (χ2n) is 7.30. The zero-order chi connectivity index (χ0) is 22.5. The molecule has 1 saturated heterocycles. The summed E-state index contributed by atoms with van der Waals surface area (Å²) in [5.41, 5.74) is 1.51. The lowest BCUT2D eigenvalue weighted by Gasteiger charge is -2.35. The fourth-order valence-corrected chi connectivity index (χ4v) is 3.46. The Labute approximate surface area is 208 Å². The number of hydrogen-bond donors (Lipinski definition) is 1. The van der Waals surface area contributed by atoms with E-state index in [0.717, 1.165) is 11.3 Å². The van der Waals surface area contributed by atoms with Crippen LogP contribution in [0.5, 0.6) is 11.5 Å². The molecule has 1 aliphatic rings. The first kappa shape index (κ1) is 24.4. The predicted molar refractivity (Wildman–Crippen MR) is 133 cm³/mol. The standard InChI is InChI=1S/C22H24FN7O2.HI/c1-24-22(29-8-9-30(21(31)15-29)17-12-27-28(2)14-17)26-11-16-5-6-20(19(23)10-16)32-18-4-3-7-25-13-18;/h3-7,10,12-14H,8-9,11,15H2,1-2H3,(H,24,26);1H. The van der Waals surface area contributed by atoms with Gasteiger partial charge in [0.25, 0.3) is 0 Å². The van der Waals surface area contributed by atoms with Crippen LogP contribution in [0.3, 0.4) is 0 Å². The largest absolute Gasteiger partial charge is 0.453 e. The van der Waals surface area contributed by atoms with Crippen LogP contribution in [0, 0.1) is 5.82 Å². The molecule has 1 fully saturated rings. The van der Waals surface area contributed by atoms with E-state index in [9.17, 15) is 9.18 Å². The number of hydrogen-bond acceptors (Lipinski definition) is 5. The molecular weight excluding hydrogens is 540 g/mol. The Balaban J connectivity index is 0.00000306. The second kappa shape index (κ2) is 11.1. The molecule has 4 rings (SSSR count). The summed E-state index contributed by atoms with van der Waals surface area (Å²) in [6.07, 6.45) is 6.64. The summed E-state index contributed by atoms with van der Waals surface area (Å²) >= 11 is 0. The van der Waals surface area contributed by atoms with Crippen LogP contribution in [0.15, 0.2) is 60.1 Å². The minimum atomic E-state index is -0.469. The van der Waals surface area contributed by atoms with Crippen molar-refractivity contribution in [2.24, 2.45) is 12.0 Å². The fourth-order valence-electron chi connectivity index (χ4n) is 3.46. The van der Waals surface area contributed by atoms with Crippen molar-refractivity contribution in [1.82, 2.24) is 25.0 Å². The van der Waals surface area contributed by atoms with Gasteiger partial charge < -0.3 is 19.9 Å². The van der Waals surface area contributed by atoms with E-state index in [4.69, 9.17) is 4.74 Å². The number of benzene rings is 1. The summed E-state index contributed by atoms with van der Waals surface area (Å²) in [4.78, 5) is 24.5. The van der Waals surface area contributed by atoms with Crippen molar-refractivity contribution < 1.29 is 13.9 Å². The lowest BCUT2D eigenvalue weighted by Crippen LogP contribution is -2.55. The average Bonchev–Trinajstić information content (AvgIpc) is 3.22. The van der Waals surface area contributed by atoms with Crippen LogP contribution in [0.2, 0.25) is 0 Å². The molecule has 0 aliphatic carbocycles. The van der Waals surface area contributed by atoms with E-state index < -0.39 is 5.82 Å². The van der Waals surface area contributed by atoms with Crippen LogP contribution >= 0.6 is 24.0 Å². The van der Waals surface area contributed by atoms with Gasteiger partial charge in [-0.05, 0) is 29.8 Å². The van der Waals surface area contributed by atoms with Gasteiger partial charge in [0.2, 0.25) is 5.91 Å². The summed E-state index contributed by atoms with van der Waals surface area (Å²) < 4.78 is 21.7. The number of amides is 1. The molecular formula is C22H25FIN7O2. The molecule has 2 aromatic heterocycles. The number of carbonyl (C=O) groups excluding carboxylic acids is 1. The highest BCUT2D eigenvalue weighted by atomic mass is 127. The molecule has 0 atom stereocenters. The van der Waals surface area contributed by atoms with Crippen molar-refractivity contribution in [2.75, 3.05) is 31.6 Å². The predicted octanol–water partition coefficient (Wildman–Crippen LogP) is 2.79. The number of piperazine rings is 1. The molecule has 0 bridgehead atoms. The SMILES string of the molecule is CN=C(NCc1ccc(Oc2cccnc2)c(F)c1)N1CCN(c2cnn(C)c2)C(=O)C1.I. The maximum atomic E-state index is 14.5. The highest BCUT2D eigenvalue weighted by Gasteiger charge is 2.27. The van der Waals surface area contributed by atoms with Gasteiger partial charge in [0.05, 0.1) is 18.1 Å². The van der Waals surface area contributed by atoms with Crippen molar-refractivity contribution in [3.63, 3.8) is 0 Å². The smallest absolute Gasteiger partial charge is 0.246 e. The summed E-state index contributed by atoms with van der Waals surface area (Å²) in [6.45, 7) is 1.70. The number of carbonyl (C=O) groups is 1. The number of halogens is 2. The number of anilines is 1. The fraction of sp³-hybridized carbons (Fsp3) is 0.273. The number of pyridine rings is 1. The zero-order valence-electron chi connectivity index (χ0n) is 18.3. The molecule has 1 amide bonds. The Hall–Kier alpha value is -3.22. The van der Waals surface area contributed by atoms with Gasteiger partial charge in [-0.15, -0.1) is 24.0 Å². The number of aromatic nitrogens is 3. The lowest BCUT2D eigenvalue weighted by molar-refractivity contribution is -0.120. The summed E-state index contributed by atoms with van der Waals surface area (Å²) in [5.74, 6) is 0.676. The summed E-state index contributed by atoms with van der Waals surface area (Å²) in [7, 11) is 3.47. The van der Waals surface area contributed by atoms with Crippen molar-refractivity contribution in [3.8, 4) is 11.5 Å². The van der Waals surface area contributed by atoms with Gasteiger partial charge in [0.15, 0.2) is 17.5 Å². The topological polar surface area (TPSA) is 87.9 Å². The van der Waals surface area contributed by atoms with E-state index in [1.807, 2.05) is 18.1 Å². The molecule has 0 unspecified atom stereocenters. The van der Waals surface area contributed by atoms with Crippen LogP contribution in [0.1, 0.15) is 5.56 Å². The number of aliphatic imine (C=N–C) groups is 1. The van der Waals surface area contributed by atoms with Gasteiger partial charge in [-0.1, -0.05) is 6.07 Å². The molecule has 3 aromatic rings. The molecule has 11 heteroatoms. The lowest BCUT2D eigenvalue weighted by atomic mass is 10.2. The first-order valence-electron chi connectivity index (χ1n) is 10.1. The summed E-state index contributed by atoms with van der Waals surface area (Å²) in [6, 6.07) is 8.20. The van der Waals surface area contributed by atoms with Crippen LogP contribution in [0.4, 0.5) is 10.1 Å². The van der Waals surface area contributed by atoms with Crippen molar-refractivity contribution in [1.29, 1.82) is 0 Å². The van der Waals surface area contributed by atoms with Gasteiger partial charge in [0, 0.05) is 46.1 Å². The molecule has 0 radical (unpaired) electrons. The molecule has 0 spiro atoms. The summed E-state index contributed by atoms with van der Waals surface area (Å²) in [5, 5.41) is 7.33. The van der Waals surface area contributed by atoms with E-state index in [0.29, 0.717) is 31.3 Å². The van der Waals surface area contributed by atoms with Gasteiger partial charge in [-0.2, -0.15) is 5.10 Å². The van der Waals surface area contributed by atoms with Gasteiger partial charge in [0.1, 0.15) is 12.3 Å². The van der Waals surface area contributed by atoms with Gasteiger partial charge in [-0.3, -0.25) is 19.5 Å². The number of ether oxygens (including phenoxy) is 1. The van der Waals surface area contributed by atoms with Crippen LogP contribution in [-0.2, 0) is 18.4 Å². The molecule has 0 saturated carbocycles. The van der Waals surface area contributed by atoms with E-state index in [-0.39, 0.29) is 42.2 Å². The number of rotatable bonds is 5. The highest BCUT2D eigenvalue weighted by Crippen LogP contribution is 2.24. The second-order valence-corrected chi connectivity index (χ2v) is 7.30. The Bertz CT molecular complexity index is 1120. The van der Waals surface area contributed by atoms with E-state index >= 15 is 0 Å². The minimum absolute atomic E-state index is 0. The van der Waals surface area contributed by atoms with Crippen molar-refractivity contribution in [2.45, 2.75) is 6.54 Å². The third-order valence-corrected chi connectivity index (χ3v) is 5.04. The average molecular weight is 565 g/mol. The van der Waals surface area contributed by atoms with Crippen molar-refractivity contribution >= 4 is 41.5 Å². The van der Waals surface area contributed by atoms with Crippen LogP contribution in [0.25, 0.3) is 0 Å². The molecule has 3 heterocycles. The highest BCUT2D eigenvalue weighted by molar-refractivity contribution is 14.0. The molecule has 1 aliphatic heterocycles. The molecule has 174 valence electrons. The zero-order valence-corrected chi connectivity index (χ0v) is 20.6. The first-order chi connectivity index (χ1) is 15.5. The quantitative estimate of drug-likeness (QED) is 0.291. The number of nitrogens with one attached hydrogen (secondary N) is 1. The number of guanidine groups is 1. The molecule has 33 heavy (non-hydrogen) atoms. The Morgan fingerprint density at radius 2 is 2.12 bits per heavy atom. The van der Waals surface area contributed by atoms with E-state index in [1.54, 1.807) is 53.3 Å².